The molecule has 130 valence electrons. The lowest BCUT2D eigenvalue weighted by Gasteiger charge is -2.39. The maximum atomic E-state index is 11.0. The van der Waals surface area contributed by atoms with E-state index in [0.717, 1.165) is 11.3 Å². The molecule has 0 aliphatic carbocycles. The average molecular weight is 332 g/mol. The van der Waals surface area contributed by atoms with Crippen LogP contribution in [0.2, 0.25) is 0 Å². The molecular weight excluding hydrogens is 308 g/mol. The van der Waals surface area contributed by atoms with Crippen LogP contribution in [0.5, 0.6) is 5.75 Å². The zero-order chi connectivity index (χ0) is 17.6. The fourth-order valence-electron chi connectivity index (χ4n) is 2.84. The highest BCUT2D eigenvalue weighted by Crippen LogP contribution is 2.38. The first-order valence-electron chi connectivity index (χ1n) is 7.63. The van der Waals surface area contributed by atoms with Crippen LogP contribution in [0.1, 0.15) is 17.2 Å². The third-order valence-electron chi connectivity index (χ3n) is 4.16. The molecule has 0 radical (unpaired) electrons. The Bertz CT molecular complexity index is 607. The lowest BCUT2D eigenvalue weighted by Crippen LogP contribution is -2.47. The number of aliphatic hydroxyl groups excluding tert-OH is 1. The Hall–Kier alpha value is -1.92. The van der Waals surface area contributed by atoms with Crippen LogP contribution in [0.3, 0.4) is 0 Å². The minimum atomic E-state index is -1.35. The minimum absolute atomic E-state index is 0.643. The maximum absolute atomic E-state index is 11.0. The fraction of sp³-hybridized carbons (Fsp3) is 0.368. The minimum Gasteiger partial charge on any atom is -0.497 e. The first kappa shape index (κ1) is 18.4. The van der Waals surface area contributed by atoms with Crippen molar-refractivity contribution in [2.24, 2.45) is 0 Å². The van der Waals surface area contributed by atoms with Crippen LogP contribution in [-0.4, -0.2) is 39.6 Å². The van der Waals surface area contributed by atoms with Gasteiger partial charge in [0.1, 0.15) is 18.0 Å². The van der Waals surface area contributed by atoms with Crippen molar-refractivity contribution in [3.05, 3.63) is 65.7 Å². The number of rotatable bonds is 8. The third kappa shape index (κ3) is 3.44. The number of methoxy groups -OCH3 is 4. The van der Waals surface area contributed by atoms with Crippen molar-refractivity contribution in [3.8, 4) is 5.75 Å². The lowest BCUT2D eigenvalue weighted by atomic mass is 9.92. The zero-order valence-corrected chi connectivity index (χ0v) is 14.4. The number of hydrogen-bond acceptors (Lipinski definition) is 5. The highest BCUT2D eigenvalue weighted by atomic mass is 16.7. The summed E-state index contributed by atoms with van der Waals surface area (Å²) in [6.07, 6.45) is -1.73. The van der Waals surface area contributed by atoms with E-state index in [4.69, 9.17) is 18.9 Å². The number of benzene rings is 2. The largest absolute Gasteiger partial charge is 0.497 e. The molecule has 0 bridgehead atoms. The van der Waals surface area contributed by atoms with E-state index in [1.165, 1.54) is 14.2 Å². The zero-order valence-electron chi connectivity index (χ0n) is 14.4. The van der Waals surface area contributed by atoms with Crippen molar-refractivity contribution >= 4 is 0 Å². The van der Waals surface area contributed by atoms with E-state index in [-0.39, 0.29) is 0 Å². The van der Waals surface area contributed by atoms with Gasteiger partial charge in [0.25, 0.3) is 0 Å². The Kier molecular flexibility index (Phi) is 6.34. The third-order valence-corrected chi connectivity index (χ3v) is 4.16. The van der Waals surface area contributed by atoms with Gasteiger partial charge in [-0.05, 0) is 17.7 Å². The smallest absolute Gasteiger partial charge is 0.224 e. The van der Waals surface area contributed by atoms with Gasteiger partial charge in [0, 0.05) is 26.9 Å². The molecule has 5 heteroatoms. The molecule has 0 saturated heterocycles. The SMILES string of the molecule is COc1ccc(C(OC)C(O)C(OC)(OC)c2ccccc2)cc1. The molecule has 0 aromatic heterocycles. The Balaban J connectivity index is 2.40. The van der Waals surface area contributed by atoms with Gasteiger partial charge in [-0.1, -0.05) is 42.5 Å². The summed E-state index contributed by atoms with van der Waals surface area (Å²) in [5.41, 5.74) is 1.50. The van der Waals surface area contributed by atoms with Gasteiger partial charge < -0.3 is 24.1 Å². The molecule has 0 amide bonds. The molecule has 2 atom stereocenters. The van der Waals surface area contributed by atoms with Gasteiger partial charge in [-0.25, -0.2) is 0 Å². The molecular formula is C19H24O5. The van der Waals surface area contributed by atoms with Gasteiger partial charge in [0.2, 0.25) is 5.79 Å². The second kappa shape index (κ2) is 8.26. The van der Waals surface area contributed by atoms with Crippen molar-refractivity contribution < 1.29 is 24.1 Å². The number of ether oxygens (including phenoxy) is 4. The van der Waals surface area contributed by atoms with Crippen molar-refractivity contribution in [1.29, 1.82) is 0 Å². The van der Waals surface area contributed by atoms with Crippen LogP contribution < -0.4 is 4.74 Å². The highest BCUT2D eigenvalue weighted by molar-refractivity contribution is 5.30. The number of aliphatic hydroxyl groups is 1. The van der Waals surface area contributed by atoms with Gasteiger partial charge in [0.05, 0.1) is 7.11 Å². The normalized spacial score (nSPS) is 14.2. The van der Waals surface area contributed by atoms with Gasteiger partial charge in [-0.2, -0.15) is 0 Å². The van der Waals surface area contributed by atoms with Crippen molar-refractivity contribution in [2.45, 2.75) is 18.0 Å². The second-order valence-electron chi connectivity index (χ2n) is 5.32. The Morgan fingerprint density at radius 2 is 1.42 bits per heavy atom. The van der Waals surface area contributed by atoms with Crippen LogP contribution in [0.25, 0.3) is 0 Å². The van der Waals surface area contributed by atoms with Crippen molar-refractivity contribution in [2.75, 3.05) is 28.4 Å². The number of hydrogen-bond donors (Lipinski definition) is 1. The first-order chi connectivity index (χ1) is 11.6. The molecule has 5 nitrogen and oxygen atoms in total. The van der Waals surface area contributed by atoms with E-state index in [1.54, 1.807) is 14.2 Å². The van der Waals surface area contributed by atoms with E-state index in [9.17, 15) is 5.11 Å². The highest BCUT2D eigenvalue weighted by Gasteiger charge is 2.45. The monoisotopic (exact) mass is 332 g/mol. The van der Waals surface area contributed by atoms with Crippen LogP contribution in [0.15, 0.2) is 54.6 Å². The molecule has 2 rings (SSSR count). The Morgan fingerprint density at radius 1 is 0.833 bits per heavy atom. The average Bonchev–Trinajstić information content (AvgIpc) is 2.65. The molecule has 0 heterocycles. The van der Waals surface area contributed by atoms with Gasteiger partial charge >= 0.3 is 0 Å². The molecule has 24 heavy (non-hydrogen) atoms. The molecule has 0 aliphatic rings. The van der Waals surface area contributed by atoms with Crippen molar-refractivity contribution in [1.82, 2.24) is 0 Å². The van der Waals surface area contributed by atoms with Crippen molar-refractivity contribution in [3.63, 3.8) is 0 Å². The van der Waals surface area contributed by atoms with Crippen LogP contribution in [0, 0.1) is 0 Å². The predicted octanol–water partition coefficient (Wildman–Crippen LogP) is 2.89. The lowest BCUT2D eigenvalue weighted by molar-refractivity contribution is -0.289. The molecule has 2 aromatic carbocycles. The summed E-state index contributed by atoms with van der Waals surface area (Å²) in [5.74, 6) is -0.613. The summed E-state index contributed by atoms with van der Waals surface area (Å²) in [7, 11) is 6.15. The summed E-state index contributed by atoms with van der Waals surface area (Å²) in [5, 5.41) is 11.0. The first-order valence-corrected chi connectivity index (χ1v) is 7.63. The quantitative estimate of drug-likeness (QED) is 0.753. The summed E-state index contributed by atoms with van der Waals surface area (Å²) in [4.78, 5) is 0. The van der Waals surface area contributed by atoms with E-state index in [1.807, 2.05) is 54.6 Å². The summed E-state index contributed by atoms with van der Waals surface area (Å²) < 4.78 is 21.9. The van der Waals surface area contributed by atoms with E-state index in [0.29, 0.717) is 5.56 Å². The molecule has 2 aromatic rings. The topological polar surface area (TPSA) is 57.2 Å². The predicted molar refractivity (Wildman–Crippen MR) is 90.9 cm³/mol. The molecule has 0 fully saturated rings. The second-order valence-corrected chi connectivity index (χ2v) is 5.32. The summed E-state index contributed by atoms with van der Waals surface area (Å²) in [6, 6.07) is 16.6. The van der Waals surface area contributed by atoms with Crippen LogP contribution >= 0.6 is 0 Å². The van der Waals surface area contributed by atoms with Gasteiger partial charge in [-0.15, -0.1) is 0 Å². The van der Waals surface area contributed by atoms with E-state index < -0.39 is 18.0 Å². The van der Waals surface area contributed by atoms with E-state index in [2.05, 4.69) is 0 Å². The molecule has 1 N–H and O–H groups in total. The summed E-state index contributed by atoms with van der Waals surface area (Å²) >= 11 is 0. The summed E-state index contributed by atoms with van der Waals surface area (Å²) in [6.45, 7) is 0. The van der Waals surface area contributed by atoms with Gasteiger partial charge in [-0.3, -0.25) is 0 Å². The van der Waals surface area contributed by atoms with Crippen LogP contribution in [0.4, 0.5) is 0 Å². The Labute approximate surface area is 142 Å². The fourth-order valence-corrected chi connectivity index (χ4v) is 2.84. The maximum Gasteiger partial charge on any atom is 0.224 e. The van der Waals surface area contributed by atoms with E-state index >= 15 is 0 Å². The molecule has 0 aliphatic heterocycles. The molecule has 2 unspecified atom stereocenters. The Morgan fingerprint density at radius 3 is 1.88 bits per heavy atom. The van der Waals surface area contributed by atoms with Gasteiger partial charge in [0.15, 0.2) is 0 Å². The molecule has 0 saturated carbocycles. The molecule has 0 spiro atoms. The van der Waals surface area contributed by atoms with Crippen LogP contribution in [-0.2, 0) is 20.0 Å². The standard InChI is InChI=1S/C19H24O5/c1-21-16-12-10-14(11-13-16)17(22-2)18(20)19(23-3,24-4)15-8-6-5-7-9-15/h5-13,17-18,20H,1-4H3.